The Balaban J connectivity index is 1.69. The second kappa shape index (κ2) is 7.43. The highest BCUT2D eigenvalue weighted by molar-refractivity contribution is 7.98. The summed E-state index contributed by atoms with van der Waals surface area (Å²) in [5.41, 5.74) is 6.39. The zero-order chi connectivity index (χ0) is 17.8. The number of aromatic nitrogens is 6. The normalized spacial score (nSPS) is 11.0. The van der Waals surface area contributed by atoms with Crippen molar-refractivity contribution in [2.75, 3.05) is 11.1 Å². The molecule has 2 heterocycles. The van der Waals surface area contributed by atoms with Gasteiger partial charge in [-0.15, -0.1) is 5.10 Å². The molecule has 3 aromatic rings. The van der Waals surface area contributed by atoms with Crippen LogP contribution in [0.5, 0.6) is 0 Å². The first-order valence-electron chi connectivity index (χ1n) is 7.57. The SMILES string of the molecule is CC(C)c1nc(SCc2nc(N)nc(Nc3ccc(F)cc3)n2)n[nH]1. The largest absolute Gasteiger partial charge is 0.368 e. The molecule has 0 radical (unpaired) electrons. The Labute approximate surface area is 147 Å². The minimum absolute atomic E-state index is 0.105. The molecule has 0 fully saturated rings. The number of halogens is 1. The van der Waals surface area contributed by atoms with Gasteiger partial charge in [0.15, 0.2) is 0 Å². The lowest BCUT2D eigenvalue weighted by Gasteiger charge is -2.06. The van der Waals surface area contributed by atoms with E-state index in [1.54, 1.807) is 12.1 Å². The van der Waals surface area contributed by atoms with Crippen LogP contribution in [-0.2, 0) is 5.75 Å². The number of H-pyrrole nitrogens is 1. The van der Waals surface area contributed by atoms with Crippen molar-refractivity contribution in [3.63, 3.8) is 0 Å². The average molecular weight is 360 g/mol. The van der Waals surface area contributed by atoms with E-state index < -0.39 is 0 Å². The summed E-state index contributed by atoms with van der Waals surface area (Å²) < 4.78 is 13.0. The number of nitrogens with two attached hydrogens (primary N) is 1. The first kappa shape index (κ1) is 17.1. The van der Waals surface area contributed by atoms with Gasteiger partial charge in [-0.05, 0) is 24.3 Å². The Hall–Kier alpha value is -2.75. The Morgan fingerprint density at radius 2 is 1.92 bits per heavy atom. The van der Waals surface area contributed by atoms with Crippen LogP contribution in [0.4, 0.5) is 22.0 Å². The third kappa shape index (κ3) is 4.63. The minimum Gasteiger partial charge on any atom is -0.368 e. The number of nitrogens with zero attached hydrogens (tertiary/aromatic N) is 5. The van der Waals surface area contributed by atoms with Gasteiger partial charge >= 0.3 is 0 Å². The lowest BCUT2D eigenvalue weighted by atomic mass is 10.2. The molecule has 0 aliphatic heterocycles. The maximum atomic E-state index is 13.0. The summed E-state index contributed by atoms with van der Waals surface area (Å²) in [7, 11) is 0. The predicted molar refractivity (Wildman–Crippen MR) is 94.0 cm³/mol. The number of nitrogens with one attached hydrogen (secondary N) is 2. The standard InChI is InChI=1S/C15H17FN8S/c1-8(2)12-21-15(24-23-12)25-7-11-19-13(17)22-14(20-11)18-10-5-3-9(16)4-6-10/h3-6,8H,7H2,1-2H3,(H,21,23,24)(H3,17,18,19,20,22). The van der Waals surface area contributed by atoms with Crippen LogP contribution in [0.1, 0.15) is 31.4 Å². The highest BCUT2D eigenvalue weighted by atomic mass is 32.2. The molecule has 4 N–H and O–H groups in total. The summed E-state index contributed by atoms with van der Waals surface area (Å²) in [5.74, 6) is 2.14. The summed E-state index contributed by atoms with van der Waals surface area (Å²) in [5, 5.41) is 10.6. The molecule has 1 aromatic carbocycles. The van der Waals surface area contributed by atoms with Crippen LogP contribution in [0.25, 0.3) is 0 Å². The number of rotatable bonds is 6. The summed E-state index contributed by atoms with van der Waals surface area (Å²) in [6.07, 6.45) is 0. The quantitative estimate of drug-likeness (QED) is 0.574. The molecule has 3 rings (SSSR count). The Morgan fingerprint density at radius 1 is 1.16 bits per heavy atom. The fourth-order valence-electron chi connectivity index (χ4n) is 1.93. The summed E-state index contributed by atoms with van der Waals surface area (Å²) in [4.78, 5) is 16.9. The van der Waals surface area contributed by atoms with Gasteiger partial charge in [-0.2, -0.15) is 15.0 Å². The van der Waals surface area contributed by atoms with E-state index in [4.69, 9.17) is 5.73 Å². The maximum Gasteiger partial charge on any atom is 0.232 e. The molecule has 0 spiro atoms. The maximum absolute atomic E-state index is 13.0. The first-order valence-corrected chi connectivity index (χ1v) is 8.56. The number of anilines is 3. The smallest absolute Gasteiger partial charge is 0.232 e. The molecule has 0 atom stereocenters. The topological polar surface area (TPSA) is 118 Å². The van der Waals surface area contributed by atoms with Crippen LogP contribution in [0.15, 0.2) is 29.4 Å². The molecule has 10 heteroatoms. The monoisotopic (exact) mass is 360 g/mol. The van der Waals surface area contributed by atoms with E-state index in [2.05, 4.69) is 35.5 Å². The second-order valence-electron chi connectivity index (χ2n) is 5.51. The van der Waals surface area contributed by atoms with E-state index >= 15 is 0 Å². The summed E-state index contributed by atoms with van der Waals surface area (Å²) >= 11 is 1.40. The van der Waals surface area contributed by atoms with Crippen LogP contribution in [0, 0.1) is 5.82 Å². The molecule has 0 aliphatic rings. The van der Waals surface area contributed by atoms with Crippen molar-refractivity contribution in [1.29, 1.82) is 0 Å². The lowest BCUT2D eigenvalue weighted by molar-refractivity contribution is 0.628. The van der Waals surface area contributed by atoms with Crippen LogP contribution in [0.3, 0.4) is 0 Å². The fraction of sp³-hybridized carbons (Fsp3) is 0.267. The molecule has 0 saturated carbocycles. The van der Waals surface area contributed by atoms with Crippen LogP contribution in [0.2, 0.25) is 0 Å². The van der Waals surface area contributed by atoms with Gasteiger partial charge in [0, 0.05) is 11.6 Å². The van der Waals surface area contributed by atoms with E-state index in [0.717, 1.165) is 5.82 Å². The van der Waals surface area contributed by atoms with Gasteiger partial charge in [0.25, 0.3) is 0 Å². The minimum atomic E-state index is -0.315. The van der Waals surface area contributed by atoms with Gasteiger partial charge < -0.3 is 11.1 Å². The lowest BCUT2D eigenvalue weighted by Crippen LogP contribution is -2.06. The number of thioether (sulfide) groups is 1. The molecule has 2 aromatic heterocycles. The molecule has 0 saturated heterocycles. The van der Waals surface area contributed by atoms with E-state index in [9.17, 15) is 4.39 Å². The van der Waals surface area contributed by atoms with Gasteiger partial charge in [-0.1, -0.05) is 25.6 Å². The molecule has 130 valence electrons. The molecule has 0 amide bonds. The Morgan fingerprint density at radius 3 is 2.60 bits per heavy atom. The van der Waals surface area contributed by atoms with Crippen molar-refractivity contribution in [2.45, 2.75) is 30.7 Å². The van der Waals surface area contributed by atoms with Gasteiger partial charge in [-0.3, -0.25) is 5.10 Å². The van der Waals surface area contributed by atoms with Crippen LogP contribution in [-0.4, -0.2) is 30.1 Å². The average Bonchev–Trinajstić information content (AvgIpc) is 3.04. The predicted octanol–water partition coefficient (Wildman–Crippen LogP) is 2.87. The van der Waals surface area contributed by atoms with Gasteiger partial charge in [0.1, 0.15) is 17.5 Å². The highest BCUT2D eigenvalue weighted by Crippen LogP contribution is 2.21. The third-order valence-corrected chi connectivity index (χ3v) is 4.00. The van der Waals surface area contributed by atoms with Crippen molar-refractivity contribution in [2.24, 2.45) is 0 Å². The van der Waals surface area contributed by atoms with Gasteiger partial charge in [0.05, 0.1) is 5.75 Å². The number of hydrogen-bond donors (Lipinski definition) is 3. The zero-order valence-corrected chi connectivity index (χ0v) is 14.5. The van der Waals surface area contributed by atoms with Crippen LogP contribution < -0.4 is 11.1 Å². The zero-order valence-electron chi connectivity index (χ0n) is 13.7. The van der Waals surface area contributed by atoms with Crippen molar-refractivity contribution in [3.8, 4) is 0 Å². The first-order chi connectivity index (χ1) is 12.0. The van der Waals surface area contributed by atoms with Crippen molar-refractivity contribution >= 4 is 29.3 Å². The van der Waals surface area contributed by atoms with Gasteiger partial charge in [0.2, 0.25) is 17.1 Å². The van der Waals surface area contributed by atoms with Crippen molar-refractivity contribution in [3.05, 3.63) is 41.7 Å². The highest BCUT2D eigenvalue weighted by Gasteiger charge is 2.10. The summed E-state index contributed by atoms with van der Waals surface area (Å²) in [6, 6.07) is 5.87. The van der Waals surface area contributed by atoms with Crippen molar-refractivity contribution in [1.82, 2.24) is 30.1 Å². The van der Waals surface area contributed by atoms with Crippen molar-refractivity contribution < 1.29 is 4.39 Å². The molecule has 0 bridgehead atoms. The molecular weight excluding hydrogens is 343 g/mol. The summed E-state index contributed by atoms with van der Waals surface area (Å²) in [6.45, 7) is 4.07. The number of benzene rings is 1. The van der Waals surface area contributed by atoms with Gasteiger partial charge in [-0.25, -0.2) is 9.37 Å². The van der Waals surface area contributed by atoms with E-state index in [0.29, 0.717) is 28.4 Å². The van der Waals surface area contributed by atoms with Crippen LogP contribution >= 0.6 is 11.8 Å². The molecule has 25 heavy (non-hydrogen) atoms. The van der Waals surface area contributed by atoms with E-state index in [1.807, 2.05) is 13.8 Å². The molecular formula is C15H17FN8S. The number of nitrogen functional groups attached to an aromatic ring is 1. The Bertz CT molecular complexity index is 849. The molecule has 0 unspecified atom stereocenters. The fourth-order valence-corrected chi connectivity index (χ4v) is 2.59. The third-order valence-electron chi connectivity index (χ3n) is 3.16. The Kier molecular flexibility index (Phi) is 5.08. The van der Waals surface area contributed by atoms with E-state index in [-0.39, 0.29) is 17.7 Å². The number of aromatic amines is 1. The molecule has 0 aliphatic carbocycles. The molecule has 8 nitrogen and oxygen atoms in total. The number of hydrogen-bond acceptors (Lipinski definition) is 8. The van der Waals surface area contributed by atoms with E-state index in [1.165, 1.54) is 23.9 Å². The second-order valence-corrected chi connectivity index (χ2v) is 6.45.